The van der Waals surface area contributed by atoms with E-state index in [4.69, 9.17) is 27.9 Å². The standard InChI is InChI=1S/C26H27Cl2N3O6S2/c1-37-25-13-11-21(38(33,34)30-14-6-3-7-15-30)17-24(25)29-26(32)18-31(19-10-12-22(27)23(28)16-19)39(35,36)20-8-4-2-5-9-20/h2,4-5,8-13,16-17H,3,6-7,14-15,18H2,1H3,(H,29,32). The molecule has 1 aliphatic rings. The number of piperidine rings is 1. The first kappa shape index (κ1) is 29.2. The highest BCUT2D eigenvalue weighted by Gasteiger charge is 2.29. The van der Waals surface area contributed by atoms with E-state index in [0.717, 1.165) is 23.6 Å². The fraction of sp³-hybridized carbons (Fsp3) is 0.269. The molecule has 1 N–H and O–H groups in total. The molecule has 0 saturated carbocycles. The molecule has 13 heteroatoms. The number of halogens is 2. The van der Waals surface area contributed by atoms with Gasteiger partial charge in [-0.05, 0) is 61.4 Å². The van der Waals surface area contributed by atoms with Crippen molar-refractivity contribution in [2.45, 2.75) is 29.1 Å². The van der Waals surface area contributed by atoms with E-state index in [-0.39, 0.29) is 37.0 Å². The summed E-state index contributed by atoms with van der Waals surface area (Å²) in [4.78, 5) is 13.2. The van der Waals surface area contributed by atoms with Crippen molar-refractivity contribution < 1.29 is 26.4 Å². The highest BCUT2D eigenvalue weighted by atomic mass is 35.5. The molecular formula is C26H27Cl2N3O6S2. The lowest BCUT2D eigenvalue weighted by Gasteiger charge is -2.26. The van der Waals surface area contributed by atoms with Crippen molar-refractivity contribution in [1.82, 2.24) is 4.31 Å². The normalized spacial score (nSPS) is 14.5. The van der Waals surface area contributed by atoms with Crippen molar-refractivity contribution in [2.75, 3.05) is 36.4 Å². The summed E-state index contributed by atoms with van der Waals surface area (Å²) < 4.78 is 61.2. The maximum atomic E-state index is 13.6. The number of nitrogens with zero attached hydrogens (tertiary/aromatic N) is 2. The number of nitrogens with one attached hydrogen (secondary N) is 1. The molecule has 1 saturated heterocycles. The lowest BCUT2D eigenvalue weighted by Crippen LogP contribution is -2.38. The first-order chi connectivity index (χ1) is 18.5. The molecule has 0 radical (unpaired) electrons. The van der Waals surface area contributed by atoms with Gasteiger partial charge in [-0.15, -0.1) is 0 Å². The molecule has 0 bridgehead atoms. The van der Waals surface area contributed by atoms with Crippen molar-refractivity contribution >= 4 is 60.5 Å². The Bertz CT molecular complexity index is 1560. The van der Waals surface area contributed by atoms with Gasteiger partial charge in [0.25, 0.3) is 10.0 Å². The quantitative estimate of drug-likeness (QED) is 0.364. The molecule has 9 nitrogen and oxygen atoms in total. The van der Waals surface area contributed by atoms with Gasteiger partial charge in [-0.2, -0.15) is 4.31 Å². The minimum absolute atomic E-state index is 0.00116. The Morgan fingerprint density at radius 3 is 2.23 bits per heavy atom. The number of carbonyl (C=O) groups excluding carboxylic acids is 1. The molecule has 0 spiro atoms. The fourth-order valence-corrected chi connectivity index (χ4v) is 7.46. The maximum absolute atomic E-state index is 13.6. The van der Waals surface area contributed by atoms with E-state index in [0.29, 0.717) is 13.1 Å². The molecule has 0 aromatic heterocycles. The van der Waals surface area contributed by atoms with Crippen LogP contribution in [0.2, 0.25) is 10.0 Å². The van der Waals surface area contributed by atoms with E-state index in [1.807, 2.05) is 0 Å². The van der Waals surface area contributed by atoms with Gasteiger partial charge in [-0.3, -0.25) is 9.10 Å². The van der Waals surface area contributed by atoms with Crippen molar-refractivity contribution in [2.24, 2.45) is 0 Å². The van der Waals surface area contributed by atoms with E-state index in [1.165, 1.54) is 59.9 Å². The summed E-state index contributed by atoms with van der Waals surface area (Å²) in [6, 6.07) is 16.0. The Balaban J connectivity index is 1.66. The third-order valence-corrected chi connectivity index (χ3v) is 10.6. The van der Waals surface area contributed by atoms with Gasteiger partial charge in [0, 0.05) is 13.1 Å². The molecule has 1 heterocycles. The van der Waals surface area contributed by atoms with Gasteiger partial charge in [0.15, 0.2) is 0 Å². The second-order valence-corrected chi connectivity index (χ2v) is 13.4. The smallest absolute Gasteiger partial charge is 0.264 e. The van der Waals surface area contributed by atoms with Crippen LogP contribution in [0.15, 0.2) is 76.5 Å². The molecule has 3 aromatic rings. The highest BCUT2D eigenvalue weighted by Crippen LogP contribution is 2.32. The number of sulfonamides is 2. The number of ether oxygens (including phenoxy) is 1. The second kappa shape index (κ2) is 12.1. The van der Waals surface area contributed by atoms with Crippen LogP contribution in [0, 0.1) is 0 Å². The van der Waals surface area contributed by atoms with E-state index in [2.05, 4.69) is 5.32 Å². The average molecular weight is 613 g/mol. The van der Waals surface area contributed by atoms with Crippen LogP contribution >= 0.6 is 23.2 Å². The van der Waals surface area contributed by atoms with E-state index in [9.17, 15) is 21.6 Å². The molecular weight excluding hydrogens is 585 g/mol. The zero-order chi connectivity index (χ0) is 28.2. The predicted molar refractivity (Wildman–Crippen MR) is 152 cm³/mol. The molecule has 1 fully saturated rings. The van der Waals surface area contributed by atoms with Gasteiger partial charge in [-0.1, -0.05) is 47.8 Å². The Labute approximate surface area is 238 Å². The molecule has 3 aromatic carbocycles. The largest absolute Gasteiger partial charge is 0.495 e. The zero-order valence-corrected chi connectivity index (χ0v) is 24.2. The molecule has 0 aliphatic carbocycles. The van der Waals surface area contributed by atoms with E-state index >= 15 is 0 Å². The summed E-state index contributed by atoms with van der Waals surface area (Å²) in [6.45, 7) is 0.208. The van der Waals surface area contributed by atoms with Crippen LogP contribution < -0.4 is 14.4 Å². The lowest BCUT2D eigenvalue weighted by molar-refractivity contribution is -0.114. The molecule has 1 aliphatic heterocycles. The van der Waals surface area contributed by atoms with Crippen LogP contribution in [-0.4, -0.2) is 53.8 Å². The van der Waals surface area contributed by atoms with E-state index < -0.39 is 32.5 Å². The SMILES string of the molecule is COc1ccc(S(=O)(=O)N2CCCCC2)cc1NC(=O)CN(c1ccc(Cl)c(Cl)c1)S(=O)(=O)c1ccccc1. The number of methoxy groups -OCH3 is 1. The highest BCUT2D eigenvalue weighted by molar-refractivity contribution is 7.92. The summed E-state index contributed by atoms with van der Waals surface area (Å²) in [5.41, 5.74) is 0.212. The van der Waals surface area contributed by atoms with Gasteiger partial charge in [0.05, 0.1) is 38.3 Å². The average Bonchev–Trinajstić information content (AvgIpc) is 2.94. The first-order valence-electron chi connectivity index (χ1n) is 12.0. The number of hydrogen-bond donors (Lipinski definition) is 1. The van der Waals surface area contributed by atoms with Crippen LogP contribution in [-0.2, 0) is 24.8 Å². The lowest BCUT2D eigenvalue weighted by atomic mass is 10.2. The predicted octanol–water partition coefficient (Wildman–Crippen LogP) is 5.01. The molecule has 4 rings (SSSR count). The molecule has 39 heavy (non-hydrogen) atoms. The number of anilines is 2. The summed E-state index contributed by atoms with van der Waals surface area (Å²) in [5, 5.41) is 2.95. The Hall–Kier alpha value is -2.83. The van der Waals surface area contributed by atoms with Crippen molar-refractivity contribution in [3.8, 4) is 5.75 Å². The summed E-state index contributed by atoms with van der Waals surface area (Å²) in [7, 11) is -6.60. The van der Waals surface area contributed by atoms with Gasteiger partial charge >= 0.3 is 0 Å². The Morgan fingerprint density at radius 2 is 1.59 bits per heavy atom. The van der Waals surface area contributed by atoms with Crippen LogP contribution in [0.25, 0.3) is 0 Å². The van der Waals surface area contributed by atoms with Crippen molar-refractivity contribution in [3.05, 3.63) is 76.8 Å². The summed E-state index contributed by atoms with van der Waals surface area (Å²) >= 11 is 12.2. The zero-order valence-electron chi connectivity index (χ0n) is 21.0. The topological polar surface area (TPSA) is 113 Å². The Morgan fingerprint density at radius 1 is 0.897 bits per heavy atom. The summed E-state index contributed by atoms with van der Waals surface area (Å²) in [6.07, 6.45) is 2.52. The minimum Gasteiger partial charge on any atom is -0.495 e. The van der Waals surface area contributed by atoms with Crippen LogP contribution in [0.1, 0.15) is 19.3 Å². The number of carbonyl (C=O) groups is 1. The second-order valence-electron chi connectivity index (χ2n) is 8.80. The number of amides is 1. The Kier molecular flexibility index (Phi) is 9.07. The van der Waals surface area contributed by atoms with Gasteiger partial charge in [0.1, 0.15) is 12.3 Å². The van der Waals surface area contributed by atoms with Crippen LogP contribution in [0.3, 0.4) is 0 Å². The van der Waals surface area contributed by atoms with Crippen molar-refractivity contribution in [1.29, 1.82) is 0 Å². The summed E-state index contributed by atoms with van der Waals surface area (Å²) in [5.74, 6) is -0.514. The van der Waals surface area contributed by atoms with Gasteiger partial charge < -0.3 is 10.1 Å². The van der Waals surface area contributed by atoms with Crippen LogP contribution in [0.5, 0.6) is 5.75 Å². The van der Waals surface area contributed by atoms with E-state index in [1.54, 1.807) is 18.2 Å². The minimum atomic E-state index is -4.20. The number of hydrogen-bond acceptors (Lipinski definition) is 6. The molecule has 208 valence electrons. The maximum Gasteiger partial charge on any atom is 0.264 e. The van der Waals surface area contributed by atoms with Crippen molar-refractivity contribution in [3.63, 3.8) is 0 Å². The first-order valence-corrected chi connectivity index (χ1v) is 15.7. The van der Waals surface area contributed by atoms with Gasteiger partial charge in [-0.25, -0.2) is 16.8 Å². The third-order valence-electron chi connectivity index (χ3n) is 6.21. The third kappa shape index (κ3) is 6.50. The number of rotatable bonds is 9. The fourth-order valence-electron chi connectivity index (χ4n) is 4.19. The monoisotopic (exact) mass is 611 g/mol. The molecule has 0 unspecified atom stereocenters. The molecule has 1 amide bonds. The van der Waals surface area contributed by atoms with Crippen LogP contribution in [0.4, 0.5) is 11.4 Å². The van der Waals surface area contributed by atoms with Gasteiger partial charge in [0.2, 0.25) is 15.9 Å². The number of benzene rings is 3. The molecule has 0 atom stereocenters.